The highest BCUT2D eigenvalue weighted by molar-refractivity contribution is 9.13. The van der Waals surface area contributed by atoms with Gasteiger partial charge in [0.1, 0.15) is 5.76 Å². The minimum atomic E-state index is -0.420. The SMILES string of the molecule is O=C(NN=Cc1cc(Br)c(Br)o1)c1ccco1. The number of rotatable bonds is 3. The molecule has 0 fully saturated rings. The molecule has 0 aliphatic heterocycles. The van der Waals surface area contributed by atoms with E-state index >= 15 is 0 Å². The van der Waals surface area contributed by atoms with E-state index in [1.54, 1.807) is 18.2 Å². The van der Waals surface area contributed by atoms with Crippen LogP contribution >= 0.6 is 31.9 Å². The molecular weight excluding hydrogens is 356 g/mol. The number of carbonyl (C=O) groups is 1. The van der Waals surface area contributed by atoms with Crippen LogP contribution in [-0.2, 0) is 0 Å². The Labute approximate surface area is 113 Å². The number of nitrogens with zero attached hydrogens (tertiary/aromatic N) is 1. The maximum Gasteiger partial charge on any atom is 0.307 e. The van der Waals surface area contributed by atoms with Gasteiger partial charge in [-0.25, -0.2) is 5.43 Å². The van der Waals surface area contributed by atoms with Gasteiger partial charge in [-0.2, -0.15) is 5.10 Å². The molecule has 0 saturated heterocycles. The zero-order valence-electron chi connectivity index (χ0n) is 8.31. The summed E-state index contributed by atoms with van der Waals surface area (Å²) in [6.07, 6.45) is 2.80. The van der Waals surface area contributed by atoms with Gasteiger partial charge in [0.25, 0.3) is 0 Å². The van der Waals surface area contributed by atoms with Crippen LogP contribution in [0.1, 0.15) is 16.3 Å². The van der Waals surface area contributed by atoms with Crippen LogP contribution < -0.4 is 5.43 Å². The number of furan rings is 2. The lowest BCUT2D eigenvalue weighted by Gasteiger charge is -1.93. The van der Waals surface area contributed by atoms with E-state index in [-0.39, 0.29) is 5.76 Å². The van der Waals surface area contributed by atoms with E-state index in [9.17, 15) is 4.79 Å². The highest BCUT2D eigenvalue weighted by Gasteiger charge is 2.07. The third kappa shape index (κ3) is 3.07. The van der Waals surface area contributed by atoms with Gasteiger partial charge >= 0.3 is 5.91 Å². The molecule has 2 heterocycles. The first-order chi connectivity index (χ1) is 8.16. The molecule has 0 spiro atoms. The predicted octanol–water partition coefficient (Wildman–Crippen LogP) is 3.16. The molecule has 0 saturated carbocycles. The molecule has 5 nitrogen and oxygen atoms in total. The average Bonchev–Trinajstić information content (AvgIpc) is 2.90. The van der Waals surface area contributed by atoms with Gasteiger partial charge in [-0.3, -0.25) is 4.79 Å². The first-order valence-electron chi connectivity index (χ1n) is 4.48. The average molecular weight is 362 g/mol. The fraction of sp³-hybridized carbons (Fsp3) is 0. The van der Waals surface area contributed by atoms with Gasteiger partial charge in [0.15, 0.2) is 10.4 Å². The quantitative estimate of drug-likeness (QED) is 0.674. The lowest BCUT2D eigenvalue weighted by atomic mass is 10.4. The minimum Gasteiger partial charge on any atom is -0.459 e. The number of hydrogen-bond donors (Lipinski definition) is 1. The van der Waals surface area contributed by atoms with Crippen molar-refractivity contribution in [2.45, 2.75) is 0 Å². The van der Waals surface area contributed by atoms with Crippen LogP contribution in [-0.4, -0.2) is 12.1 Å². The molecule has 17 heavy (non-hydrogen) atoms. The molecule has 0 unspecified atom stereocenters. The van der Waals surface area contributed by atoms with E-state index in [2.05, 4.69) is 42.4 Å². The smallest absolute Gasteiger partial charge is 0.307 e. The Balaban J connectivity index is 1.96. The molecule has 1 amide bonds. The van der Waals surface area contributed by atoms with Crippen molar-refractivity contribution in [3.05, 3.63) is 45.1 Å². The zero-order valence-corrected chi connectivity index (χ0v) is 11.5. The number of hydrazone groups is 1. The maximum absolute atomic E-state index is 11.4. The van der Waals surface area contributed by atoms with Crippen LogP contribution in [0.25, 0.3) is 0 Å². The summed E-state index contributed by atoms with van der Waals surface area (Å²) in [5.74, 6) is 0.281. The van der Waals surface area contributed by atoms with Crippen LogP contribution in [0.5, 0.6) is 0 Å². The third-order valence-electron chi connectivity index (χ3n) is 1.77. The fourth-order valence-corrected chi connectivity index (χ4v) is 1.65. The minimum absolute atomic E-state index is 0.198. The molecule has 2 aromatic rings. The van der Waals surface area contributed by atoms with E-state index in [4.69, 9.17) is 8.83 Å². The summed E-state index contributed by atoms with van der Waals surface area (Å²) < 4.78 is 11.5. The van der Waals surface area contributed by atoms with Gasteiger partial charge in [-0.15, -0.1) is 0 Å². The number of amides is 1. The Morgan fingerprint density at radius 2 is 2.29 bits per heavy atom. The van der Waals surface area contributed by atoms with Crippen molar-refractivity contribution in [2.75, 3.05) is 0 Å². The Morgan fingerprint density at radius 1 is 1.47 bits per heavy atom. The Kier molecular flexibility index (Phi) is 3.80. The van der Waals surface area contributed by atoms with Crippen molar-refractivity contribution in [2.24, 2.45) is 5.10 Å². The molecule has 2 aromatic heterocycles. The molecule has 0 atom stereocenters. The van der Waals surface area contributed by atoms with Gasteiger partial charge in [0.2, 0.25) is 0 Å². The first-order valence-corrected chi connectivity index (χ1v) is 6.07. The normalized spacial score (nSPS) is 10.9. The summed E-state index contributed by atoms with van der Waals surface area (Å²) >= 11 is 6.45. The van der Waals surface area contributed by atoms with Crippen molar-refractivity contribution in [3.8, 4) is 0 Å². The fourth-order valence-electron chi connectivity index (χ4n) is 1.04. The van der Waals surface area contributed by atoms with Crippen molar-refractivity contribution in [3.63, 3.8) is 0 Å². The van der Waals surface area contributed by atoms with E-state index in [1.807, 2.05) is 0 Å². The second kappa shape index (κ2) is 5.33. The Hall–Kier alpha value is -1.34. The van der Waals surface area contributed by atoms with E-state index < -0.39 is 5.91 Å². The van der Waals surface area contributed by atoms with Crippen LogP contribution in [0.4, 0.5) is 0 Å². The topological polar surface area (TPSA) is 67.7 Å². The standard InChI is InChI=1S/C10H6Br2N2O3/c11-7-4-6(17-9(7)12)5-13-14-10(15)8-2-1-3-16-8/h1-5H,(H,14,15). The van der Waals surface area contributed by atoms with Crippen LogP contribution in [0.2, 0.25) is 0 Å². The summed E-state index contributed by atoms with van der Waals surface area (Å²) in [6.45, 7) is 0. The van der Waals surface area contributed by atoms with Gasteiger partial charge in [-0.1, -0.05) is 0 Å². The molecule has 2 rings (SSSR count). The summed E-state index contributed by atoms with van der Waals surface area (Å²) in [7, 11) is 0. The lowest BCUT2D eigenvalue weighted by Crippen LogP contribution is -2.16. The summed E-state index contributed by atoms with van der Waals surface area (Å²) in [5, 5.41) is 3.73. The first kappa shape index (κ1) is 12.1. The molecule has 0 aliphatic rings. The largest absolute Gasteiger partial charge is 0.459 e. The van der Waals surface area contributed by atoms with Gasteiger partial charge < -0.3 is 8.83 Å². The van der Waals surface area contributed by atoms with Crippen molar-refractivity contribution < 1.29 is 13.6 Å². The molecule has 0 aromatic carbocycles. The van der Waals surface area contributed by atoms with E-state index in [0.29, 0.717) is 10.4 Å². The Bertz CT molecular complexity index is 526. The number of carbonyl (C=O) groups excluding carboxylic acids is 1. The second-order valence-corrected chi connectivity index (χ2v) is 4.52. The number of halogens is 2. The van der Waals surface area contributed by atoms with Crippen molar-refractivity contribution >= 4 is 44.0 Å². The molecule has 7 heteroatoms. The lowest BCUT2D eigenvalue weighted by molar-refractivity contribution is 0.0927. The molecule has 88 valence electrons. The zero-order chi connectivity index (χ0) is 12.3. The predicted molar refractivity (Wildman–Crippen MR) is 67.9 cm³/mol. The highest BCUT2D eigenvalue weighted by atomic mass is 79.9. The maximum atomic E-state index is 11.4. The van der Waals surface area contributed by atoms with Crippen LogP contribution in [0.15, 0.2) is 47.5 Å². The second-order valence-electron chi connectivity index (χ2n) is 2.95. The molecule has 0 aliphatic carbocycles. The summed E-state index contributed by atoms with van der Waals surface area (Å²) in [5.41, 5.74) is 2.31. The summed E-state index contributed by atoms with van der Waals surface area (Å²) in [6, 6.07) is 4.89. The van der Waals surface area contributed by atoms with Gasteiger partial charge in [-0.05, 0) is 44.0 Å². The highest BCUT2D eigenvalue weighted by Crippen LogP contribution is 2.25. The molecule has 0 radical (unpaired) electrons. The molecular formula is C10H6Br2N2O3. The Morgan fingerprint density at radius 3 is 2.88 bits per heavy atom. The number of hydrogen-bond acceptors (Lipinski definition) is 4. The monoisotopic (exact) mass is 360 g/mol. The van der Waals surface area contributed by atoms with Crippen molar-refractivity contribution in [1.29, 1.82) is 0 Å². The van der Waals surface area contributed by atoms with E-state index in [1.165, 1.54) is 12.5 Å². The van der Waals surface area contributed by atoms with Crippen molar-refractivity contribution in [1.82, 2.24) is 5.43 Å². The third-order valence-corrected chi connectivity index (χ3v) is 3.48. The van der Waals surface area contributed by atoms with E-state index in [0.717, 1.165) is 4.47 Å². The van der Waals surface area contributed by atoms with Gasteiger partial charge in [0.05, 0.1) is 17.0 Å². The van der Waals surface area contributed by atoms with Crippen LogP contribution in [0.3, 0.4) is 0 Å². The summed E-state index contributed by atoms with van der Waals surface area (Å²) in [4.78, 5) is 11.4. The molecule has 1 N–H and O–H groups in total. The molecule has 0 bridgehead atoms. The van der Waals surface area contributed by atoms with Crippen LogP contribution in [0, 0.1) is 0 Å². The van der Waals surface area contributed by atoms with Gasteiger partial charge in [0, 0.05) is 6.07 Å². The number of nitrogens with one attached hydrogen (secondary N) is 1.